The summed E-state index contributed by atoms with van der Waals surface area (Å²) in [5.41, 5.74) is -2.23. The van der Waals surface area contributed by atoms with Gasteiger partial charge in [-0.25, -0.2) is 4.39 Å². The number of rotatable bonds is 4. The van der Waals surface area contributed by atoms with E-state index in [9.17, 15) is 31.1 Å². The summed E-state index contributed by atoms with van der Waals surface area (Å²) >= 11 is 5.91. The molecule has 0 saturated heterocycles. The van der Waals surface area contributed by atoms with Crippen LogP contribution < -0.4 is 5.32 Å². The number of hydrogen-bond donors (Lipinski definition) is 1. The Balaban J connectivity index is 1.74. The van der Waals surface area contributed by atoms with Crippen molar-refractivity contribution >= 4 is 17.5 Å². The number of benzene rings is 2. The molecule has 0 atom stereocenters. The quantitative estimate of drug-likeness (QED) is 0.376. The fourth-order valence-corrected chi connectivity index (χ4v) is 3.06. The third-order valence-electron chi connectivity index (χ3n) is 4.33. The van der Waals surface area contributed by atoms with Crippen LogP contribution in [0, 0.1) is 17.7 Å². The number of alkyl halides is 5. The Morgan fingerprint density at radius 1 is 0.970 bits per heavy atom. The third kappa shape index (κ3) is 6.05. The molecule has 0 bridgehead atoms. The van der Waals surface area contributed by atoms with Gasteiger partial charge in [-0.2, -0.15) is 22.0 Å². The molecule has 1 amide bonds. The van der Waals surface area contributed by atoms with Crippen molar-refractivity contribution in [1.29, 1.82) is 0 Å². The number of carbonyl (C=O) groups is 1. The minimum atomic E-state index is -4.83. The van der Waals surface area contributed by atoms with Gasteiger partial charge in [-0.05, 0) is 42.5 Å². The first-order valence-corrected chi connectivity index (χ1v) is 9.61. The van der Waals surface area contributed by atoms with Crippen molar-refractivity contribution in [3.05, 3.63) is 99.6 Å². The molecule has 1 aromatic heterocycles. The summed E-state index contributed by atoms with van der Waals surface area (Å²) in [7, 11) is 0. The van der Waals surface area contributed by atoms with Crippen LogP contribution in [0.1, 0.15) is 32.7 Å². The van der Waals surface area contributed by atoms with Gasteiger partial charge in [0.1, 0.15) is 11.5 Å². The molecular weight excluding hydrogens is 470 g/mol. The van der Waals surface area contributed by atoms with Crippen molar-refractivity contribution in [3.8, 4) is 11.8 Å². The molecule has 3 rings (SSSR count). The summed E-state index contributed by atoms with van der Waals surface area (Å²) in [4.78, 5) is 15.7. The summed E-state index contributed by atoms with van der Waals surface area (Å²) in [6.45, 7) is -1.33. The molecule has 2 aromatic carbocycles. The zero-order chi connectivity index (χ0) is 24.2. The second-order valence-electron chi connectivity index (χ2n) is 6.74. The van der Waals surface area contributed by atoms with Gasteiger partial charge in [-0.1, -0.05) is 35.6 Å². The summed E-state index contributed by atoms with van der Waals surface area (Å²) in [5.74, 6) is -0.184. The summed E-state index contributed by atoms with van der Waals surface area (Å²) < 4.78 is 81.2. The van der Waals surface area contributed by atoms with E-state index in [-0.39, 0.29) is 5.56 Å². The minimum Gasteiger partial charge on any atom is -0.346 e. The number of hydrogen-bond acceptors (Lipinski definition) is 2. The molecule has 3 nitrogen and oxygen atoms in total. The predicted molar refractivity (Wildman–Crippen MR) is 109 cm³/mol. The van der Waals surface area contributed by atoms with E-state index in [1.165, 1.54) is 30.3 Å². The third-order valence-corrected chi connectivity index (χ3v) is 4.62. The largest absolute Gasteiger partial charge is 0.417 e. The van der Waals surface area contributed by atoms with Crippen LogP contribution in [0.5, 0.6) is 0 Å². The zero-order valence-electron chi connectivity index (χ0n) is 16.5. The van der Waals surface area contributed by atoms with Crippen LogP contribution in [0.4, 0.5) is 26.3 Å². The van der Waals surface area contributed by atoms with Crippen LogP contribution in [0.15, 0.2) is 60.8 Å². The van der Waals surface area contributed by atoms with Crippen LogP contribution in [-0.2, 0) is 12.1 Å². The molecule has 0 spiro atoms. The Hall–Kier alpha value is -3.51. The number of pyridine rings is 1. The van der Waals surface area contributed by atoms with Gasteiger partial charge < -0.3 is 5.32 Å². The SMILES string of the molecule is O=C(NCC(F)(F)c1ncc(C#Cc2ccc(F)cc2)cc1Cl)c1ccccc1C(F)(F)F. The van der Waals surface area contributed by atoms with E-state index in [0.29, 0.717) is 11.6 Å². The lowest BCUT2D eigenvalue weighted by Crippen LogP contribution is -2.36. The predicted octanol–water partition coefficient (Wildman–Crippen LogP) is 5.81. The molecule has 0 aliphatic rings. The molecule has 0 aliphatic heterocycles. The standard InChI is InChI=1S/C23H13ClF6N2O/c24-19-11-15(6-5-14-7-9-16(25)10-8-14)12-31-20(19)22(26,27)13-32-21(33)17-3-1-2-4-18(17)23(28,29)30/h1-4,7-12H,13H2,(H,32,33). The number of nitrogens with zero attached hydrogens (tertiary/aromatic N) is 1. The Labute approximate surface area is 189 Å². The molecule has 1 N–H and O–H groups in total. The van der Waals surface area contributed by atoms with Crippen molar-refractivity contribution < 1.29 is 31.1 Å². The minimum absolute atomic E-state index is 0.201. The van der Waals surface area contributed by atoms with E-state index in [0.717, 1.165) is 24.4 Å². The van der Waals surface area contributed by atoms with Gasteiger partial charge in [0.05, 0.1) is 22.7 Å². The maximum Gasteiger partial charge on any atom is 0.417 e. The van der Waals surface area contributed by atoms with Crippen LogP contribution in [0.25, 0.3) is 0 Å². The van der Waals surface area contributed by atoms with Crippen LogP contribution >= 0.6 is 11.6 Å². The average Bonchev–Trinajstić information content (AvgIpc) is 2.76. The van der Waals surface area contributed by atoms with E-state index >= 15 is 0 Å². The van der Waals surface area contributed by atoms with Gasteiger partial charge in [0.2, 0.25) is 0 Å². The van der Waals surface area contributed by atoms with Gasteiger partial charge in [0, 0.05) is 17.3 Å². The second-order valence-corrected chi connectivity index (χ2v) is 7.15. The number of aromatic nitrogens is 1. The zero-order valence-corrected chi connectivity index (χ0v) is 17.2. The first-order valence-electron chi connectivity index (χ1n) is 9.23. The molecule has 0 fully saturated rings. The lowest BCUT2D eigenvalue weighted by atomic mass is 10.1. The fraction of sp³-hybridized carbons (Fsp3) is 0.130. The Morgan fingerprint density at radius 3 is 2.24 bits per heavy atom. The first-order chi connectivity index (χ1) is 15.5. The average molecular weight is 483 g/mol. The molecule has 3 aromatic rings. The van der Waals surface area contributed by atoms with E-state index in [2.05, 4.69) is 16.8 Å². The molecule has 1 heterocycles. The summed E-state index contributed by atoms with van der Waals surface area (Å²) in [6, 6.07) is 10.2. The lowest BCUT2D eigenvalue weighted by Gasteiger charge is -2.18. The van der Waals surface area contributed by atoms with Gasteiger partial charge in [-0.3, -0.25) is 9.78 Å². The maximum absolute atomic E-state index is 14.6. The van der Waals surface area contributed by atoms with Crippen molar-refractivity contribution in [1.82, 2.24) is 10.3 Å². The number of nitrogens with one attached hydrogen (secondary N) is 1. The highest BCUT2D eigenvalue weighted by atomic mass is 35.5. The summed E-state index contributed by atoms with van der Waals surface area (Å²) in [5, 5.41) is 1.35. The fourth-order valence-electron chi connectivity index (χ4n) is 2.75. The Bertz CT molecular complexity index is 1230. The molecular formula is C23H13ClF6N2O. The van der Waals surface area contributed by atoms with Crippen molar-refractivity contribution in [2.45, 2.75) is 12.1 Å². The molecule has 0 saturated carbocycles. The molecule has 33 heavy (non-hydrogen) atoms. The highest BCUT2D eigenvalue weighted by Gasteiger charge is 2.38. The maximum atomic E-state index is 14.6. The van der Waals surface area contributed by atoms with Crippen LogP contribution in [0.3, 0.4) is 0 Å². The highest BCUT2D eigenvalue weighted by Crippen LogP contribution is 2.33. The van der Waals surface area contributed by atoms with Crippen LogP contribution in [-0.4, -0.2) is 17.4 Å². The number of amides is 1. The molecule has 10 heteroatoms. The second kappa shape index (κ2) is 9.55. The van der Waals surface area contributed by atoms with Crippen molar-refractivity contribution in [2.75, 3.05) is 6.54 Å². The lowest BCUT2D eigenvalue weighted by molar-refractivity contribution is -0.137. The topological polar surface area (TPSA) is 42.0 Å². The monoisotopic (exact) mass is 482 g/mol. The van der Waals surface area contributed by atoms with Crippen molar-refractivity contribution in [2.24, 2.45) is 0 Å². The summed E-state index contributed by atoms with van der Waals surface area (Å²) in [6.07, 6.45) is -3.79. The number of carbonyl (C=O) groups excluding carboxylic acids is 1. The van der Waals surface area contributed by atoms with Crippen molar-refractivity contribution in [3.63, 3.8) is 0 Å². The Kier molecular flexibility index (Phi) is 6.98. The van der Waals surface area contributed by atoms with E-state index in [1.54, 1.807) is 5.32 Å². The van der Waals surface area contributed by atoms with E-state index in [1.807, 2.05) is 0 Å². The molecule has 170 valence electrons. The van der Waals surface area contributed by atoms with Crippen LogP contribution in [0.2, 0.25) is 5.02 Å². The normalized spacial score (nSPS) is 11.5. The van der Waals surface area contributed by atoms with Gasteiger partial charge in [-0.15, -0.1) is 0 Å². The Morgan fingerprint density at radius 2 is 1.61 bits per heavy atom. The molecule has 0 aliphatic carbocycles. The first kappa shape index (κ1) is 24.1. The van der Waals surface area contributed by atoms with E-state index < -0.39 is 52.2 Å². The smallest absolute Gasteiger partial charge is 0.346 e. The van der Waals surface area contributed by atoms with Gasteiger partial charge in [0.25, 0.3) is 5.91 Å². The molecule has 0 radical (unpaired) electrons. The van der Waals surface area contributed by atoms with Gasteiger partial charge in [0.15, 0.2) is 0 Å². The van der Waals surface area contributed by atoms with E-state index in [4.69, 9.17) is 11.6 Å². The van der Waals surface area contributed by atoms with Gasteiger partial charge >= 0.3 is 12.1 Å². The number of halogens is 7. The molecule has 0 unspecified atom stereocenters. The highest BCUT2D eigenvalue weighted by molar-refractivity contribution is 6.31.